The second-order valence-corrected chi connectivity index (χ2v) is 4.85. The van der Waals surface area contributed by atoms with Crippen LogP contribution in [0.5, 0.6) is 0 Å². The number of hydrogen-bond acceptors (Lipinski definition) is 4. The van der Waals surface area contributed by atoms with Gasteiger partial charge in [-0.1, -0.05) is 19.1 Å². The van der Waals surface area contributed by atoms with Crippen molar-refractivity contribution in [2.24, 2.45) is 0 Å². The summed E-state index contributed by atoms with van der Waals surface area (Å²) in [7, 11) is 0. The van der Waals surface area contributed by atoms with Crippen LogP contribution in [0.4, 0.5) is 13.2 Å². The summed E-state index contributed by atoms with van der Waals surface area (Å²) in [5.74, 6) is 0.336. The minimum atomic E-state index is -4.36. The molecule has 0 saturated carbocycles. The number of alkyl halides is 3. The highest BCUT2D eigenvalue weighted by atomic mass is 19.4. The molecule has 0 amide bonds. The Kier molecular flexibility index (Phi) is 8.52. The van der Waals surface area contributed by atoms with Crippen LogP contribution in [0.25, 0.3) is 0 Å². The first-order chi connectivity index (χ1) is 10.4. The van der Waals surface area contributed by atoms with Gasteiger partial charge in [0.15, 0.2) is 0 Å². The number of allylic oxidation sites excluding steroid dienone is 3. The molecule has 2 atom stereocenters. The van der Waals surface area contributed by atoms with Gasteiger partial charge in [0.2, 0.25) is 0 Å². The van der Waals surface area contributed by atoms with E-state index in [1.165, 1.54) is 6.92 Å². The molecule has 0 spiro atoms. The van der Waals surface area contributed by atoms with Crippen molar-refractivity contribution in [1.82, 2.24) is 0 Å². The van der Waals surface area contributed by atoms with Crippen molar-refractivity contribution in [3.63, 3.8) is 0 Å². The van der Waals surface area contributed by atoms with Gasteiger partial charge in [0.25, 0.3) is 0 Å². The summed E-state index contributed by atoms with van der Waals surface area (Å²) in [4.78, 5) is 0. The van der Waals surface area contributed by atoms with E-state index in [0.717, 1.165) is 6.42 Å². The van der Waals surface area contributed by atoms with Crippen LogP contribution >= 0.6 is 0 Å². The summed E-state index contributed by atoms with van der Waals surface area (Å²) in [6, 6.07) is 0. The molecule has 0 aromatic rings. The van der Waals surface area contributed by atoms with Crippen molar-refractivity contribution in [2.75, 3.05) is 33.0 Å². The molecule has 0 aromatic carbocycles. The van der Waals surface area contributed by atoms with Crippen LogP contribution in [0, 0.1) is 0 Å². The molecule has 1 heterocycles. The van der Waals surface area contributed by atoms with Crippen LogP contribution in [0.15, 0.2) is 24.0 Å². The largest absolute Gasteiger partial charge is 0.492 e. The van der Waals surface area contributed by atoms with Gasteiger partial charge in [-0.25, -0.2) is 0 Å². The molecular weight excluding hydrogens is 301 g/mol. The topological polar surface area (TPSA) is 36.9 Å². The van der Waals surface area contributed by atoms with Gasteiger partial charge < -0.3 is 18.9 Å². The van der Waals surface area contributed by atoms with E-state index in [-0.39, 0.29) is 12.7 Å². The summed E-state index contributed by atoms with van der Waals surface area (Å²) in [5.41, 5.74) is 0. The summed E-state index contributed by atoms with van der Waals surface area (Å²) in [6.07, 6.45) is 0.671. The highest BCUT2D eigenvalue weighted by molar-refractivity contribution is 5.10. The molecule has 2 unspecified atom stereocenters. The fraction of sp³-hybridized carbons (Fsp3) is 0.733. The molecule has 1 aliphatic heterocycles. The zero-order chi connectivity index (χ0) is 16.4. The molecule has 0 bridgehead atoms. The average Bonchev–Trinajstić information content (AvgIpc) is 2.48. The minimum absolute atomic E-state index is 0.214. The second kappa shape index (κ2) is 9.86. The van der Waals surface area contributed by atoms with Crippen molar-refractivity contribution in [3.8, 4) is 0 Å². The summed E-state index contributed by atoms with van der Waals surface area (Å²) in [6.45, 7) is 3.83. The van der Waals surface area contributed by atoms with Gasteiger partial charge in [-0.3, -0.25) is 0 Å². The van der Waals surface area contributed by atoms with Crippen molar-refractivity contribution in [2.45, 2.75) is 38.7 Å². The summed E-state index contributed by atoms with van der Waals surface area (Å²) in [5, 5.41) is 0. The van der Waals surface area contributed by atoms with E-state index in [9.17, 15) is 13.2 Å². The Bertz CT molecular complexity index is 360. The first-order valence-corrected chi connectivity index (χ1v) is 7.29. The lowest BCUT2D eigenvalue weighted by Gasteiger charge is -2.25. The molecule has 1 fully saturated rings. The lowest BCUT2D eigenvalue weighted by molar-refractivity contribution is -0.184. The normalized spacial score (nSPS) is 22.0. The predicted octanol–water partition coefficient (Wildman–Crippen LogP) is 3.24. The predicted molar refractivity (Wildman–Crippen MR) is 75.5 cm³/mol. The van der Waals surface area contributed by atoms with E-state index < -0.39 is 18.9 Å². The zero-order valence-electron chi connectivity index (χ0n) is 12.9. The fourth-order valence-corrected chi connectivity index (χ4v) is 1.72. The quantitative estimate of drug-likeness (QED) is 0.507. The SMILES string of the molecule is CC/C=C\C=C(\OCC1COCCO1)C(C)OCC(F)(F)F. The van der Waals surface area contributed by atoms with E-state index in [2.05, 4.69) is 0 Å². The smallest absolute Gasteiger partial charge is 0.411 e. The highest BCUT2D eigenvalue weighted by Crippen LogP contribution is 2.18. The van der Waals surface area contributed by atoms with Crippen LogP contribution in [0.3, 0.4) is 0 Å². The van der Waals surface area contributed by atoms with Crippen LogP contribution in [-0.4, -0.2) is 51.4 Å². The molecule has 7 heteroatoms. The van der Waals surface area contributed by atoms with Gasteiger partial charge in [-0.15, -0.1) is 0 Å². The Morgan fingerprint density at radius 2 is 2.14 bits per heavy atom. The van der Waals surface area contributed by atoms with E-state index in [4.69, 9.17) is 18.9 Å². The van der Waals surface area contributed by atoms with Crippen molar-refractivity contribution in [3.05, 3.63) is 24.0 Å². The maximum Gasteiger partial charge on any atom is 0.411 e. The Morgan fingerprint density at radius 3 is 2.73 bits per heavy atom. The summed E-state index contributed by atoms with van der Waals surface area (Å²) < 4.78 is 57.7. The van der Waals surface area contributed by atoms with E-state index >= 15 is 0 Å². The van der Waals surface area contributed by atoms with Crippen LogP contribution in [0.1, 0.15) is 20.3 Å². The molecule has 0 aromatic heterocycles. The lowest BCUT2D eigenvalue weighted by atomic mass is 10.2. The van der Waals surface area contributed by atoms with Crippen molar-refractivity contribution < 1.29 is 32.1 Å². The molecule has 1 saturated heterocycles. The van der Waals surface area contributed by atoms with Crippen LogP contribution in [0.2, 0.25) is 0 Å². The number of rotatable bonds is 8. The number of hydrogen-bond donors (Lipinski definition) is 0. The Balaban J connectivity index is 2.54. The highest BCUT2D eigenvalue weighted by Gasteiger charge is 2.29. The van der Waals surface area contributed by atoms with Gasteiger partial charge in [0.1, 0.15) is 31.2 Å². The third-order valence-corrected chi connectivity index (χ3v) is 2.85. The monoisotopic (exact) mass is 324 g/mol. The Hall–Kier alpha value is -1.05. The molecule has 1 aliphatic rings. The second-order valence-electron chi connectivity index (χ2n) is 4.85. The van der Waals surface area contributed by atoms with E-state index in [1.54, 1.807) is 12.2 Å². The first kappa shape index (κ1) is 19.0. The molecule has 4 nitrogen and oxygen atoms in total. The number of ether oxygens (including phenoxy) is 4. The van der Waals surface area contributed by atoms with Gasteiger partial charge >= 0.3 is 6.18 Å². The van der Waals surface area contributed by atoms with E-state index in [0.29, 0.717) is 25.6 Å². The third kappa shape index (κ3) is 8.41. The van der Waals surface area contributed by atoms with Gasteiger partial charge in [0, 0.05) is 0 Å². The minimum Gasteiger partial charge on any atom is -0.492 e. The van der Waals surface area contributed by atoms with E-state index in [1.807, 2.05) is 13.0 Å². The van der Waals surface area contributed by atoms with Crippen LogP contribution in [-0.2, 0) is 18.9 Å². The summed E-state index contributed by atoms with van der Waals surface area (Å²) >= 11 is 0. The average molecular weight is 324 g/mol. The van der Waals surface area contributed by atoms with Gasteiger partial charge in [0.05, 0.1) is 19.8 Å². The van der Waals surface area contributed by atoms with Crippen LogP contribution < -0.4 is 0 Å². The lowest BCUT2D eigenvalue weighted by Crippen LogP contribution is -2.33. The molecule has 0 radical (unpaired) electrons. The Morgan fingerprint density at radius 1 is 1.36 bits per heavy atom. The zero-order valence-corrected chi connectivity index (χ0v) is 12.9. The molecular formula is C15H23F3O4. The first-order valence-electron chi connectivity index (χ1n) is 7.29. The third-order valence-electron chi connectivity index (χ3n) is 2.85. The van der Waals surface area contributed by atoms with Gasteiger partial charge in [-0.2, -0.15) is 13.2 Å². The van der Waals surface area contributed by atoms with Gasteiger partial charge in [-0.05, 0) is 19.4 Å². The molecule has 0 aliphatic carbocycles. The molecule has 22 heavy (non-hydrogen) atoms. The molecule has 0 N–H and O–H groups in total. The molecule has 1 rings (SSSR count). The fourth-order valence-electron chi connectivity index (χ4n) is 1.72. The maximum absolute atomic E-state index is 12.2. The standard InChI is InChI=1S/C15H23F3O4/c1-3-4-5-6-14(12(2)22-11-15(16,17)18)21-10-13-9-19-7-8-20-13/h4-6,12-13H,3,7-11H2,1-2H3/b5-4-,14-6+. The number of halogens is 3. The van der Waals surface area contributed by atoms with Crippen molar-refractivity contribution >= 4 is 0 Å². The Labute approximate surface area is 128 Å². The van der Waals surface area contributed by atoms with Crippen molar-refractivity contribution in [1.29, 1.82) is 0 Å². The maximum atomic E-state index is 12.2. The molecule has 128 valence electrons.